The van der Waals surface area contributed by atoms with Crippen LogP contribution >= 0.6 is 23.2 Å². The second-order valence-corrected chi connectivity index (χ2v) is 12.4. The highest BCUT2D eigenvalue weighted by molar-refractivity contribution is 7.92. The van der Waals surface area contributed by atoms with Crippen LogP contribution in [-0.2, 0) is 26.2 Å². The van der Waals surface area contributed by atoms with Gasteiger partial charge in [0, 0.05) is 12.6 Å². The molecule has 0 heterocycles. The van der Waals surface area contributed by atoms with Gasteiger partial charge in [-0.3, -0.25) is 13.9 Å². The van der Waals surface area contributed by atoms with Crippen molar-refractivity contribution in [2.75, 3.05) is 17.5 Å². The van der Waals surface area contributed by atoms with Gasteiger partial charge in [-0.25, -0.2) is 8.42 Å². The summed E-state index contributed by atoms with van der Waals surface area (Å²) in [6, 6.07) is 18.5. The normalized spacial score (nSPS) is 12.7. The predicted molar refractivity (Wildman–Crippen MR) is 168 cm³/mol. The first-order valence-corrected chi connectivity index (χ1v) is 16.1. The summed E-state index contributed by atoms with van der Waals surface area (Å²) in [4.78, 5) is 29.1. The third-order valence-corrected chi connectivity index (χ3v) is 9.28. The number of hydrogen-bond acceptors (Lipinski definition) is 5. The number of rotatable bonds is 14. The average Bonchev–Trinajstić information content (AvgIpc) is 2.98. The molecule has 3 aromatic carbocycles. The van der Waals surface area contributed by atoms with Crippen LogP contribution in [0.25, 0.3) is 0 Å². The van der Waals surface area contributed by atoms with Gasteiger partial charge in [0.05, 0.1) is 27.2 Å². The number of halogens is 2. The summed E-state index contributed by atoms with van der Waals surface area (Å²) in [5.41, 5.74) is 0.850. The molecule has 0 radical (unpaired) electrons. The molecular formula is C31H37Cl2N3O5S. The number of carbonyl (C=O) groups is 2. The Bertz CT molecular complexity index is 1470. The zero-order valence-electron chi connectivity index (χ0n) is 24.2. The van der Waals surface area contributed by atoms with Crippen LogP contribution in [-0.4, -0.2) is 50.4 Å². The first-order valence-electron chi connectivity index (χ1n) is 13.9. The average molecular weight is 635 g/mol. The van der Waals surface area contributed by atoms with Gasteiger partial charge >= 0.3 is 0 Å². The van der Waals surface area contributed by atoms with Crippen LogP contribution in [0.3, 0.4) is 0 Å². The number of hydrogen-bond donors (Lipinski definition) is 1. The highest BCUT2D eigenvalue weighted by Gasteiger charge is 2.35. The molecule has 11 heteroatoms. The first kappa shape index (κ1) is 33.2. The number of ether oxygens (including phenoxy) is 1. The second kappa shape index (κ2) is 15.3. The number of carbonyl (C=O) groups excluding carboxylic acids is 2. The third-order valence-electron chi connectivity index (χ3n) is 6.77. The molecule has 226 valence electrons. The van der Waals surface area contributed by atoms with Crippen molar-refractivity contribution in [1.82, 2.24) is 10.2 Å². The highest BCUT2D eigenvalue weighted by Crippen LogP contribution is 2.33. The number of nitrogens with one attached hydrogen (secondary N) is 1. The molecule has 3 aromatic rings. The SMILES string of the molecule is CCOc1ccccc1N(CC(=O)N(Cc1ccc(Cl)c(Cl)c1)[C@H](CC)C(=O)N[C@H](C)CC)S(=O)(=O)c1ccccc1. The summed E-state index contributed by atoms with van der Waals surface area (Å²) in [6.45, 7) is 7.16. The molecule has 42 heavy (non-hydrogen) atoms. The fourth-order valence-electron chi connectivity index (χ4n) is 4.37. The van der Waals surface area contributed by atoms with E-state index in [1.165, 1.54) is 17.0 Å². The van der Waals surface area contributed by atoms with E-state index in [9.17, 15) is 18.0 Å². The molecule has 3 rings (SSSR count). The first-order chi connectivity index (χ1) is 20.0. The van der Waals surface area contributed by atoms with Gasteiger partial charge in [0.2, 0.25) is 11.8 Å². The minimum atomic E-state index is -4.22. The van der Waals surface area contributed by atoms with E-state index in [0.717, 1.165) is 4.31 Å². The number of nitrogens with zero attached hydrogens (tertiary/aromatic N) is 2. The van der Waals surface area contributed by atoms with Crippen molar-refractivity contribution in [2.45, 2.75) is 64.1 Å². The van der Waals surface area contributed by atoms with E-state index in [0.29, 0.717) is 40.8 Å². The lowest BCUT2D eigenvalue weighted by atomic mass is 10.1. The summed E-state index contributed by atoms with van der Waals surface area (Å²) in [7, 11) is -4.22. The Kier molecular flexibility index (Phi) is 12.1. The summed E-state index contributed by atoms with van der Waals surface area (Å²) < 4.78 is 34.9. The Morgan fingerprint density at radius 2 is 1.57 bits per heavy atom. The second-order valence-electron chi connectivity index (χ2n) is 9.74. The maximum Gasteiger partial charge on any atom is 0.264 e. The minimum absolute atomic E-state index is 0.00842. The van der Waals surface area contributed by atoms with Crippen LogP contribution in [0.4, 0.5) is 5.69 Å². The van der Waals surface area contributed by atoms with Gasteiger partial charge in [-0.05, 0) is 68.7 Å². The summed E-state index contributed by atoms with van der Waals surface area (Å²) >= 11 is 12.4. The summed E-state index contributed by atoms with van der Waals surface area (Å²) in [6.07, 6.45) is 1.01. The molecule has 0 fully saturated rings. The molecule has 0 unspecified atom stereocenters. The van der Waals surface area contributed by atoms with E-state index in [1.54, 1.807) is 74.5 Å². The molecule has 0 aliphatic heterocycles. The zero-order valence-corrected chi connectivity index (χ0v) is 26.5. The summed E-state index contributed by atoms with van der Waals surface area (Å²) in [5.74, 6) is -0.588. The van der Waals surface area contributed by atoms with Crippen molar-refractivity contribution in [2.24, 2.45) is 0 Å². The Balaban J connectivity index is 2.11. The molecule has 0 saturated carbocycles. The fraction of sp³-hybridized carbons (Fsp3) is 0.355. The van der Waals surface area contributed by atoms with Gasteiger partial charge < -0.3 is 15.0 Å². The Hall–Kier alpha value is -3.27. The number of anilines is 1. The molecule has 0 bridgehead atoms. The lowest BCUT2D eigenvalue weighted by Gasteiger charge is -2.34. The van der Waals surface area contributed by atoms with Crippen molar-refractivity contribution in [1.29, 1.82) is 0 Å². The van der Waals surface area contributed by atoms with Gasteiger partial charge in [0.25, 0.3) is 10.0 Å². The number of sulfonamides is 1. The molecule has 2 atom stereocenters. The van der Waals surface area contributed by atoms with Crippen molar-refractivity contribution >= 4 is 50.7 Å². The number of para-hydroxylation sites is 2. The van der Waals surface area contributed by atoms with Crippen LogP contribution in [0.2, 0.25) is 10.0 Å². The molecule has 0 aliphatic rings. The van der Waals surface area contributed by atoms with Crippen molar-refractivity contribution < 1.29 is 22.7 Å². The van der Waals surface area contributed by atoms with E-state index in [1.807, 2.05) is 13.8 Å². The van der Waals surface area contributed by atoms with Crippen LogP contribution in [0.1, 0.15) is 46.1 Å². The lowest BCUT2D eigenvalue weighted by molar-refractivity contribution is -0.140. The summed E-state index contributed by atoms with van der Waals surface area (Å²) in [5, 5.41) is 3.61. The molecule has 0 spiro atoms. The Morgan fingerprint density at radius 3 is 2.19 bits per heavy atom. The number of benzene rings is 3. The molecule has 0 aliphatic carbocycles. The maximum atomic E-state index is 14.2. The smallest absolute Gasteiger partial charge is 0.264 e. The Labute approximate surface area is 258 Å². The zero-order chi connectivity index (χ0) is 30.9. The third kappa shape index (κ3) is 8.18. The van der Waals surface area contributed by atoms with Gasteiger partial charge in [-0.15, -0.1) is 0 Å². The number of amides is 2. The lowest BCUT2D eigenvalue weighted by Crippen LogP contribution is -2.53. The molecular weight excluding hydrogens is 597 g/mol. The van der Waals surface area contributed by atoms with Gasteiger partial charge in [-0.1, -0.05) is 73.4 Å². The molecule has 1 N–H and O–H groups in total. The van der Waals surface area contributed by atoms with E-state index in [4.69, 9.17) is 27.9 Å². The van der Waals surface area contributed by atoms with Crippen LogP contribution < -0.4 is 14.4 Å². The quantitative estimate of drug-likeness (QED) is 0.224. The Morgan fingerprint density at radius 1 is 0.905 bits per heavy atom. The largest absolute Gasteiger partial charge is 0.492 e. The van der Waals surface area contributed by atoms with Gasteiger partial charge in [-0.2, -0.15) is 0 Å². The van der Waals surface area contributed by atoms with E-state index in [2.05, 4.69) is 5.32 Å². The van der Waals surface area contributed by atoms with Crippen molar-refractivity contribution in [3.05, 3.63) is 88.4 Å². The monoisotopic (exact) mass is 633 g/mol. The molecule has 8 nitrogen and oxygen atoms in total. The molecule has 0 aromatic heterocycles. The van der Waals surface area contributed by atoms with E-state index < -0.39 is 28.5 Å². The fourth-order valence-corrected chi connectivity index (χ4v) is 6.14. The maximum absolute atomic E-state index is 14.2. The molecule has 2 amide bonds. The van der Waals surface area contributed by atoms with E-state index >= 15 is 0 Å². The van der Waals surface area contributed by atoms with Crippen LogP contribution in [0, 0.1) is 0 Å². The standard InChI is InChI=1S/C31H37Cl2N3O5S/c1-5-22(4)34-31(38)27(6-2)35(20-23-17-18-25(32)26(33)19-23)30(37)21-36(28-15-11-12-16-29(28)41-7-3)42(39,40)24-13-9-8-10-14-24/h8-19,22,27H,5-7,20-21H2,1-4H3,(H,34,38)/t22-,27-/m1/s1. The van der Waals surface area contributed by atoms with Gasteiger partial charge in [0.1, 0.15) is 18.3 Å². The van der Waals surface area contributed by atoms with Crippen LogP contribution in [0.15, 0.2) is 77.7 Å². The highest BCUT2D eigenvalue weighted by atomic mass is 35.5. The van der Waals surface area contributed by atoms with Crippen LogP contribution in [0.5, 0.6) is 5.75 Å². The molecule has 0 saturated heterocycles. The van der Waals surface area contributed by atoms with Gasteiger partial charge in [0.15, 0.2) is 0 Å². The predicted octanol–water partition coefficient (Wildman–Crippen LogP) is 6.31. The topological polar surface area (TPSA) is 96.0 Å². The van der Waals surface area contributed by atoms with Crippen molar-refractivity contribution in [3.63, 3.8) is 0 Å². The minimum Gasteiger partial charge on any atom is -0.492 e. The van der Waals surface area contributed by atoms with Crippen molar-refractivity contribution in [3.8, 4) is 5.75 Å². The van der Waals surface area contributed by atoms with E-state index in [-0.39, 0.29) is 29.1 Å².